The van der Waals surface area contributed by atoms with Gasteiger partial charge in [-0.1, -0.05) is 31.8 Å². The molecule has 0 aromatic rings. The maximum absolute atomic E-state index is 5.91. The third-order valence-electron chi connectivity index (χ3n) is 3.83. The molecule has 2 rings (SSSR count). The van der Waals surface area contributed by atoms with E-state index in [4.69, 9.17) is 20.6 Å². The van der Waals surface area contributed by atoms with Gasteiger partial charge >= 0.3 is 5.97 Å². The zero-order valence-electron chi connectivity index (χ0n) is 10.6. The van der Waals surface area contributed by atoms with Gasteiger partial charge in [0.1, 0.15) is 5.76 Å². The summed E-state index contributed by atoms with van der Waals surface area (Å²) in [5.41, 5.74) is -0.814. The lowest BCUT2D eigenvalue weighted by Crippen LogP contribution is -2.41. The van der Waals surface area contributed by atoms with Crippen molar-refractivity contribution < 1.29 is 14.2 Å². The first-order valence-electron chi connectivity index (χ1n) is 6.18. The Labute approximate surface area is 103 Å². The highest BCUT2D eigenvalue weighted by atomic mass is 16.9. The third kappa shape index (κ3) is 1.96. The molecule has 0 bridgehead atoms. The second kappa shape index (κ2) is 4.36. The lowest BCUT2D eigenvalue weighted by atomic mass is 9.76. The minimum Gasteiger partial charge on any atom is -0.440 e. The van der Waals surface area contributed by atoms with E-state index in [0.717, 1.165) is 12.8 Å². The Hall–Kier alpha value is -0.980. The number of hydrogen-bond acceptors (Lipinski definition) is 3. The summed E-state index contributed by atoms with van der Waals surface area (Å²) < 4.78 is 16.7. The van der Waals surface area contributed by atoms with Gasteiger partial charge in [0.15, 0.2) is 5.60 Å². The standard InChI is InChI=1S/C14H20O3/c1-5-14(12-9-7-6-8-10-12)11(2)16-13(3,15-4)17-14/h1,12H,2,6-10H2,3-4H3. The van der Waals surface area contributed by atoms with E-state index in [0.29, 0.717) is 5.76 Å². The summed E-state index contributed by atoms with van der Waals surface area (Å²) in [6.45, 7) is 5.65. The number of terminal acetylenes is 1. The highest BCUT2D eigenvalue weighted by molar-refractivity contribution is 5.29. The van der Waals surface area contributed by atoms with Gasteiger partial charge in [0.2, 0.25) is 0 Å². The van der Waals surface area contributed by atoms with Crippen molar-refractivity contribution in [2.24, 2.45) is 5.92 Å². The van der Waals surface area contributed by atoms with Crippen LogP contribution < -0.4 is 0 Å². The molecule has 0 radical (unpaired) electrons. The summed E-state index contributed by atoms with van der Waals surface area (Å²) in [5, 5.41) is 0. The average Bonchev–Trinajstić information content (AvgIpc) is 2.63. The van der Waals surface area contributed by atoms with Gasteiger partial charge in [-0.2, -0.15) is 0 Å². The monoisotopic (exact) mass is 236 g/mol. The zero-order valence-corrected chi connectivity index (χ0v) is 10.6. The van der Waals surface area contributed by atoms with E-state index in [9.17, 15) is 0 Å². The molecule has 0 spiro atoms. The van der Waals surface area contributed by atoms with E-state index in [1.54, 1.807) is 14.0 Å². The second-order valence-electron chi connectivity index (χ2n) is 4.91. The molecule has 2 fully saturated rings. The van der Waals surface area contributed by atoms with Crippen LogP contribution in [0.3, 0.4) is 0 Å². The molecule has 0 aromatic carbocycles. The third-order valence-corrected chi connectivity index (χ3v) is 3.83. The van der Waals surface area contributed by atoms with Gasteiger partial charge in [0, 0.05) is 20.0 Å². The van der Waals surface area contributed by atoms with Gasteiger partial charge in [0.25, 0.3) is 0 Å². The van der Waals surface area contributed by atoms with E-state index in [1.165, 1.54) is 19.3 Å². The fraction of sp³-hybridized carbons (Fsp3) is 0.714. The van der Waals surface area contributed by atoms with Crippen LogP contribution in [0.2, 0.25) is 0 Å². The van der Waals surface area contributed by atoms with Crippen molar-refractivity contribution in [1.82, 2.24) is 0 Å². The highest BCUT2D eigenvalue weighted by Gasteiger charge is 2.55. The van der Waals surface area contributed by atoms with Gasteiger partial charge < -0.3 is 9.47 Å². The summed E-state index contributed by atoms with van der Waals surface area (Å²) in [5.74, 6) is 2.46. The quantitative estimate of drug-likeness (QED) is 0.690. The molecule has 94 valence electrons. The van der Waals surface area contributed by atoms with Crippen molar-refractivity contribution in [1.29, 1.82) is 0 Å². The molecular formula is C14H20O3. The minimum atomic E-state index is -1.10. The van der Waals surface area contributed by atoms with Gasteiger partial charge in [0.05, 0.1) is 0 Å². The first-order chi connectivity index (χ1) is 8.06. The average molecular weight is 236 g/mol. The molecule has 2 unspecified atom stereocenters. The number of rotatable bonds is 2. The van der Waals surface area contributed by atoms with Crippen molar-refractivity contribution in [3.8, 4) is 12.3 Å². The Bertz CT molecular complexity index is 351. The minimum absolute atomic E-state index is 0.283. The van der Waals surface area contributed by atoms with Crippen LogP contribution in [0.1, 0.15) is 39.0 Å². The van der Waals surface area contributed by atoms with E-state index < -0.39 is 11.6 Å². The first kappa shape index (κ1) is 12.5. The lowest BCUT2D eigenvalue weighted by molar-refractivity contribution is -0.319. The van der Waals surface area contributed by atoms with E-state index in [-0.39, 0.29) is 5.92 Å². The summed E-state index contributed by atoms with van der Waals surface area (Å²) in [6, 6.07) is 0. The molecule has 1 aliphatic heterocycles. The lowest BCUT2D eigenvalue weighted by Gasteiger charge is -2.34. The molecule has 17 heavy (non-hydrogen) atoms. The van der Waals surface area contributed by atoms with Gasteiger partial charge in [-0.15, -0.1) is 6.42 Å². The molecule has 2 aliphatic rings. The summed E-state index contributed by atoms with van der Waals surface area (Å²) in [7, 11) is 1.54. The summed E-state index contributed by atoms with van der Waals surface area (Å²) in [4.78, 5) is 0. The van der Waals surface area contributed by atoms with Gasteiger partial charge in [-0.3, -0.25) is 4.74 Å². The number of ether oxygens (including phenoxy) is 3. The topological polar surface area (TPSA) is 27.7 Å². The molecule has 3 nitrogen and oxygen atoms in total. The van der Waals surface area contributed by atoms with Crippen LogP contribution in [0.25, 0.3) is 0 Å². The van der Waals surface area contributed by atoms with Crippen LogP contribution in [-0.4, -0.2) is 18.7 Å². The highest BCUT2D eigenvalue weighted by Crippen LogP contribution is 2.47. The first-order valence-corrected chi connectivity index (χ1v) is 6.18. The maximum atomic E-state index is 5.91. The van der Waals surface area contributed by atoms with Crippen molar-refractivity contribution >= 4 is 0 Å². The van der Waals surface area contributed by atoms with Gasteiger partial charge in [-0.05, 0) is 12.8 Å². The largest absolute Gasteiger partial charge is 0.440 e. The molecule has 1 heterocycles. The molecule has 0 amide bonds. The van der Waals surface area contributed by atoms with Crippen LogP contribution in [0, 0.1) is 18.3 Å². The summed E-state index contributed by atoms with van der Waals surface area (Å²) in [6.07, 6.45) is 11.5. The number of methoxy groups -OCH3 is 1. The SMILES string of the molecule is C#CC1(C2CCCCC2)OC(C)(OC)OC1=C. The van der Waals surface area contributed by atoms with Crippen molar-refractivity contribution in [2.75, 3.05) is 7.11 Å². The molecule has 1 aliphatic carbocycles. The molecule has 1 saturated carbocycles. The molecule has 0 aromatic heterocycles. The van der Waals surface area contributed by atoms with Crippen LogP contribution >= 0.6 is 0 Å². The Morgan fingerprint density at radius 1 is 1.41 bits per heavy atom. The Kier molecular flexibility index (Phi) is 3.20. The molecule has 0 N–H and O–H groups in total. The van der Waals surface area contributed by atoms with Crippen LogP contribution in [0.4, 0.5) is 0 Å². The zero-order chi connectivity index (χ0) is 12.5. The normalized spacial score (nSPS) is 38.8. The smallest absolute Gasteiger partial charge is 0.325 e. The van der Waals surface area contributed by atoms with E-state index >= 15 is 0 Å². The molecule has 3 heteroatoms. The molecule has 1 saturated heterocycles. The molecular weight excluding hydrogens is 216 g/mol. The van der Waals surface area contributed by atoms with Crippen LogP contribution in [0.5, 0.6) is 0 Å². The van der Waals surface area contributed by atoms with Crippen molar-refractivity contribution in [2.45, 2.75) is 50.6 Å². The predicted molar refractivity (Wildman–Crippen MR) is 64.9 cm³/mol. The fourth-order valence-corrected chi connectivity index (χ4v) is 2.80. The van der Waals surface area contributed by atoms with Crippen LogP contribution in [-0.2, 0) is 14.2 Å². The Morgan fingerprint density at radius 2 is 2.06 bits per heavy atom. The maximum Gasteiger partial charge on any atom is 0.325 e. The Balaban J connectivity index is 2.26. The fourth-order valence-electron chi connectivity index (χ4n) is 2.80. The Morgan fingerprint density at radius 3 is 2.53 bits per heavy atom. The predicted octanol–water partition coefficient (Wildman–Crippen LogP) is 2.82. The van der Waals surface area contributed by atoms with E-state index in [1.807, 2.05) is 0 Å². The van der Waals surface area contributed by atoms with E-state index in [2.05, 4.69) is 12.5 Å². The molecule has 2 atom stereocenters. The van der Waals surface area contributed by atoms with Crippen LogP contribution in [0.15, 0.2) is 12.3 Å². The number of hydrogen-bond donors (Lipinski definition) is 0. The van der Waals surface area contributed by atoms with Crippen molar-refractivity contribution in [3.63, 3.8) is 0 Å². The summed E-state index contributed by atoms with van der Waals surface area (Å²) >= 11 is 0. The second-order valence-corrected chi connectivity index (χ2v) is 4.91. The van der Waals surface area contributed by atoms with Gasteiger partial charge in [-0.25, -0.2) is 0 Å². The van der Waals surface area contributed by atoms with Crippen molar-refractivity contribution in [3.05, 3.63) is 12.3 Å².